The average Bonchev–Trinajstić information content (AvgIpc) is 3.34. The second-order valence-electron chi connectivity index (χ2n) is 9.56. The van der Waals surface area contributed by atoms with Gasteiger partial charge in [-0.2, -0.15) is 5.10 Å². The smallest absolute Gasteiger partial charge is 0.198 e. The number of aromatic nitrogens is 4. The molecule has 0 spiro atoms. The third kappa shape index (κ3) is 4.11. The van der Waals surface area contributed by atoms with Crippen molar-refractivity contribution in [3.8, 4) is 5.69 Å². The Morgan fingerprint density at radius 2 is 1.54 bits per heavy atom. The van der Waals surface area contributed by atoms with Crippen LogP contribution >= 0.6 is 11.8 Å². The number of piperazine rings is 1. The molecule has 0 saturated carbocycles. The summed E-state index contributed by atoms with van der Waals surface area (Å²) >= 11 is 1.78. The molecule has 39 heavy (non-hydrogen) atoms. The Balaban J connectivity index is 1.27. The number of benzene rings is 3. The molecule has 2 aliphatic rings. The zero-order valence-electron chi connectivity index (χ0n) is 21.2. The third-order valence-corrected chi connectivity index (χ3v) is 8.20. The minimum absolute atomic E-state index is 0.159. The summed E-state index contributed by atoms with van der Waals surface area (Å²) in [4.78, 5) is 15.4. The van der Waals surface area contributed by atoms with Crippen LogP contribution in [0.15, 0.2) is 90.0 Å². The van der Waals surface area contributed by atoms with Gasteiger partial charge in [0.25, 0.3) is 0 Å². The lowest BCUT2D eigenvalue weighted by atomic mass is 10.1. The number of hydrogen-bond donors (Lipinski definition) is 2. The predicted octanol–water partition coefficient (Wildman–Crippen LogP) is 2.92. The average molecular weight is 531 g/mol. The summed E-state index contributed by atoms with van der Waals surface area (Å²) < 4.78 is 1.78. The quantitative estimate of drug-likeness (QED) is 0.272. The number of fused-ring (bicyclic) bond motifs is 3. The molecule has 0 unspecified atom stereocenters. The van der Waals surface area contributed by atoms with E-state index in [4.69, 9.17) is 16.1 Å². The van der Waals surface area contributed by atoms with Crippen LogP contribution < -0.4 is 21.1 Å². The van der Waals surface area contributed by atoms with Crippen molar-refractivity contribution >= 4 is 45.6 Å². The van der Waals surface area contributed by atoms with Gasteiger partial charge in [-0.05, 0) is 28.8 Å². The fraction of sp³-hybridized carbons (Fsp3) is 0.133. The van der Waals surface area contributed by atoms with Gasteiger partial charge in [-0.25, -0.2) is 14.6 Å². The Morgan fingerprint density at radius 1 is 0.821 bits per heavy atom. The van der Waals surface area contributed by atoms with Gasteiger partial charge in [0.15, 0.2) is 17.3 Å². The zero-order chi connectivity index (χ0) is 26.3. The lowest BCUT2D eigenvalue weighted by molar-refractivity contribution is 0.364. The molecule has 7 rings (SSSR count). The molecule has 3 aromatic carbocycles. The summed E-state index contributed by atoms with van der Waals surface area (Å²) in [5, 5.41) is 18.3. The molecule has 8 nitrogen and oxygen atoms in total. The van der Waals surface area contributed by atoms with Crippen molar-refractivity contribution in [2.75, 3.05) is 31.1 Å². The van der Waals surface area contributed by atoms with Crippen LogP contribution in [0.1, 0.15) is 11.4 Å². The van der Waals surface area contributed by atoms with Crippen LogP contribution in [0.3, 0.4) is 0 Å². The fourth-order valence-electron chi connectivity index (χ4n) is 5.35. The molecule has 5 aromatic rings. The van der Waals surface area contributed by atoms with E-state index in [-0.39, 0.29) is 11.7 Å². The van der Waals surface area contributed by atoms with Crippen molar-refractivity contribution in [3.63, 3.8) is 0 Å². The van der Waals surface area contributed by atoms with Gasteiger partial charge in [-0.1, -0.05) is 72.4 Å². The molecule has 3 N–H and O–H groups in total. The minimum atomic E-state index is -0.159. The van der Waals surface area contributed by atoms with E-state index in [0.29, 0.717) is 5.65 Å². The molecule has 2 aromatic heterocycles. The second kappa shape index (κ2) is 9.59. The summed E-state index contributed by atoms with van der Waals surface area (Å²) in [7, 11) is 0. The normalized spacial score (nSPS) is 14.9. The molecule has 0 atom stereocenters. The zero-order valence-corrected chi connectivity index (χ0v) is 22.0. The number of rotatable bonds is 4. The SMILES string of the molecule is N=C(N)c1nc(N2CCN(C3=c4ccccc4=CSc4ccccc43)CC2)c2cnn(-c3ccccc3)c2n1. The molecular formula is C30H26N8S. The van der Waals surface area contributed by atoms with E-state index in [1.807, 2.05) is 36.5 Å². The van der Waals surface area contributed by atoms with Crippen LogP contribution in [0.4, 0.5) is 5.82 Å². The lowest BCUT2D eigenvalue weighted by Crippen LogP contribution is -2.48. The number of anilines is 1. The minimum Gasteiger partial charge on any atom is -0.381 e. The highest BCUT2D eigenvalue weighted by Crippen LogP contribution is 2.32. The Morgan fingerprint density at radius 3 is 2.36 bits per heavy atom. The van der Waals surface area contributed by atoms with Gasteiger partial charge < -0.3 is 15.5 Å². The van der Waals surface area contributed by atoms with Crippen LogP contribution in [0, 0.1) is 5.41 Å². The van der Waals surface area contributed by atoms with Gasteiger partial charge in [0.05, 0.1) is 23.0 Å². The maximum absolute atomic E-state index is 8.06. The Hall–Kier alpha value is -4.63. The van der Waals surface area contributed by atoms with E-state index >= 15 is 0 Å². The number of para-hydroxylation sites is 1. The Kier molecular flexibility index (Phi) is 5.78. The fourth-order valence-corrected chi connectivity index (χ4v) is 6.26. The number of thioether (sulfide) groups is 1. The predicted molar refractivity (Wildman–Crippen MR) is 156 cm³/mol. The number of nitrogen functional groups attached to an aromatic ring is 1. The van der Waals surface area contributed by atoms with Crippen LogP contribution in [-0.4, -0.2) is 56.7 Å². The molecule has 9 heteroatoms. The highest BCUT2D eigenvalue weighted by molar-refractivity contribution is 8.06. The van der Waals surface area contributed by atoms with E-state index in [1.54, 1.807) is 16.4 Å². The maximum Gasteiger partial charge on any atom is 0.198 e. The Bertz CT molecular complexity index is 1840. The van der Waals surface area contributed by atoms with Crippen LogP contribution in [-0.2, 0) is 0 Å². The standard InChI is InChI=1S/C30H26N8S/c31-27(32)28-34-29(24-18-33-38(30(24)35-28)21-9-2-1-3-10-21)37-16-14-36(15-17-37)26-22-11-5-4-8-20(22)19-39-25-13-7-6-12-23(25)26/h1-13,18-19H,14-17H2,(H3,31,32). The maximum atomic E-state index is 8.06. The molecule has 1 fully saturated rings. The van der Waals surface area contributed by atoms with Gasteiger partial charge in [0.1, 0.15) is 5.82 Å². The van der Waals surface area contributed by atoms with Crippen LogP contribution in [0.5, 0.6) is 0 Å². The molecule has 2 aliphatic heterocycles. The van der Waals surface area contributed by atoms with E-state index < -0.39 is 0 Å². The molecule has 4 heterocycles. The number of nitrogens with one attached hydrogen (secondary N) is 1. The number of hydrogen-bond acceptors (Lipinski definition) is 7. The first-order valence-corrected chi connectivity index (χ1v) is 13.8. The van der Waals surface area contributed by atoms with Gasteiger partial charge in [-0.3, -0.25) is 5.41 Å². The summed E-state index contributed by atoms with van der Waals surface area (Å²) in [5.41, 5.74) is 9.96. The largest absolute Gasteiger partial charge is 0.381 e. The first kappa shape index (κ1) is 23.5. The first-order chi connectivity index (χ1) is 19.2. The van der Waals surface area contributed by atoms with Gasteiger partial charge in [0, 0.05) is 41.9 Å². The van der Waals surface area contributed by atoms with E-state index in [9.17, 15) is 0 Å². The van der Waals surface area contributed by atoms with Gasteiger partial charge >= 0.3 is 0 Å². The van der Waals surface area contributed by atoms with E-state index in [1.165, 1.54) is 26.6 Å². The summed E-state index contributed by atoms with van der Waals surface area (Å²) in [5.74, 6) is 0.822. The second-order valence-corrected chi connectivity index (χ2v) is 10.5. The molecular weight excluding hydrogens is 504 g/mol. The number of amidine groups is 1. The molecule has 0 aliphatic carbocycles. The molecule has 0 radical (unpaired) electrons. The number of nitrogens with zero attached hydrogens (tertiary/aromatic N) is 6. The summed E-state index contributed by atoms with van der Waals surface area (Å²) in [6.07, 6.45) is 1.81. The van der Waals surface area contributed by atoms with Crippen LogP contribution in [0.2, 0.25) is 0 Å². The molecule has 1 saturated heterocycles. The highest BCUT2D eigenvalue weighted by atomic mass is 32.2. The van der Waals surface area contributed by atoms with E-state index in [0.717, 1.165) is 43.1 Å². The lowest BCUT2D eigenvalue weighted by Gasteiger charge is -2.38. The number of nitrogens with two attached hydrogens (primary N) is 1. The van der Waals surface area contributed by atoms with Crippen molar-refractivity contribution in [2.24, 2.45) is 5.73 Å². The first-order valence-electron chi connectivity index (χ1n) is 12.9. The van der Waals surface area contributed by atoms with Crippen molar-refractivity contribution in [1.82, 2.24) is 24.6 Å². The van der Waals surface area contributed by atoms with E-state index in [2.05, 4.69) is 73.8 Å². The van der Waals surface area contributed by atoms with Crippen molar-refractivity contribution in [1.29, 1.82) is 5.41 Å². The van der Waals surface area contributed by atoms with Crippen LogP contribution in [0.25, 0.3) is 27.8 Å². The third-order valence-electron chi connectivity index (χ3n) is 7.22. The molecule has 0 bridgehead atoms. The highest BCUT2D eigenvalue weighted by Gasteiger charge is 2.26. The molecule has 192 valence electrons. The molecule has 0 amide bonds. The Labute approximate surface area is 229 Å². The van der Waals surface area contributed by atoms with Gasteiger partial charge in [-0.15, -0.1) is 0 Å². The van der Waals surface area contributed by atoms with Crippen molar-refractivity contribution in [2.45, 2.75) is 4.90 Å². The topological polar surface area (TPSA) is 100.0 Å². The van der Waals surface area contributed by atoms with Crippen molar-refractivity contribution in [3.05, 3.63) is 107 Å². The van der Waals surface area contributed by atoms with Crippen molar-refractivity contribution < 1.29 is 0 Å². The van der Waals surface area contributed by atoms with Gasteiger partial charge in [0.2, 0.25) is 0 Å². The summed E-state index contributed by atoms with van der Waals surface area (Å²) in [6.45, 7) is 3.20. The monoisotopic (exact) mass is 530 g/mol. The summed E-state index contributed by atoms with van der Waals surface area (Å²) in [6, 6.07) is 27.1.